The van der Waals surface area contributed by atoms with Gasteiger partial charge in [0.05, 0.1) is 14.2 Å². The molecule has 1 N–H and O–H groups in total. The Labute approximate surface area is 141 Å². The molecule has 0 aliphatic carbocycles. The third-order valence-corrected chi connectivity index (χ3v) is 4.69. The van der Waals surface area contributed by atoms with Crippen molar-refractivity contribution in [1.82, 2.24) is 4.98 Å². The summed E-state index contributed by atoms with van der Waals surface area (Å²) in [5.74, 6) is 0.951. The van der Waals surface area contributed by atoms with Crippen LogP contribution in [0.15, 0.2) is 40.4 Å². The van der Waals surface area contributed by atoms with E-state index < -0.39 is 0 Å². The Bertz CT molecular complexity index is 790. The first-order valence-corrected chi connectivity index (χ1v) is 8.54. The van der Waals surface area contributed by atoms with Crippen LogP contribution >= 0.6 is 22.7 Å². The number of rotatable bonds is 5. The molecule has 0 saturated heterocycles. The van der Waals surface area contributed by atoms with Crippen molar-refractivity contribution in [2.75, 3.05) is 19.5 Å². The van der Waals surface area contributed by atoms with E-state index >= 15 is 0 Å². The molecule has 0 bridgehead atoms. The van der Waals surface area contributed by atoms with Gasteiger partial charge >= 0.3 is 0 Å². The summed E-state index contributed by atoms with van der Waals surface area (Å²) in [7, 11) is 3.13. The van der Waals surface area contributed by atoms with E-state index in [9.17, 15) is 4.79 Å². The Kier molecular flexibility index (Phi) is 4.59. The molecule has 5 nitrogen and oxygen atoms in total. The highest BCUT2D eigenvalue weighted by Gasteiger charge is 2.13. The number of nitrogens with zero attached hydrogens (tertiary/aromatic N) is 1. The normalized spacial score (nSPS) is 10.3. The number of hydrogen-bond acceptors (Lipinski definition) is 6. The van der Waals surface area contributed by atoms with Gasteiger partial charge in [-0.15, -0.1) is 11.3 Å². The van der Waals surface area contributed by atoms with Crippen LogP contribution < -0.4 is 14.8 Å². The number of benzene rings is 1. The fraction of sp³-hybridized carbons (Fsp3) is 0.125. The van der Waals surface area contributed by atoms with Crippen LogP contribution in [0.2, 0.25) is 0 Å². The van der Waals surface area contributed by atoms with Crippen LogP contribution in [0, 0.1) is 0 Å². The van der Waals surface area contributed by atoms with E-state index in [-0.39, 0.29) is 5.91 Å². The predicted molar refractivity (Wildman–Crippen MR) is 92.9 cm³/mol. The number of aromatic nitrogens is 1. The van der Waals surface area contributed by atoms with E-state index in [2.05, 4.69) is 10.3 Å². The molecule has 0 aliphatic heterocycles. The van der Waals surface area contributed by atoms with Gasteiger partial charge in [-0.05, 0) is 11.4 Å². The Balaban J connectivity index is 1.79. The topological polar surface area (TPSA) is 60.5 Å². The molecule has 0 saturated carbocycles. The number of thiazole rings is 1. The molecule has 0 atom stereocenters. The van der Waals surface area contributed by atoms with Gasteiger partial charge in [-0.3, -0.25) is 4.79 Å². The molecule has 0 radical (unpaired) electrons. The van der Waals surface area contributed by atoms with Gasteiger partial charge in [-0.2, -0.15) is 11.3 Å². The lowest BCUT2D eigenvalue weighted by Gasteiger charge is -2.09. The van der Waals surface area contributed by atoms with Crippen LogP contribution in [0.1, 0.15) is 10.5 Å². The van der Waals surface area contributed by atoms with E-state index in [4.69, 9.17) is 9.47 Å². The summed E-state index contributed by atoms with van der Waals surface area (Å²) in [4.78, 5) is 16.7. The monoisotopic (exact) mass is 346 g/mol. The minimum Gasteiger partial charge on any atom is -0.497 e. The SMILES string of the molecule is COc1cc(NC(=O)c2csc(-c3ccsc3)n2)cc(OC)c1. The summed E-state index contributed by atoms with van der Waals surface area (Å²) < 4.78 is 10.4. The van der Waals surface area contributed by atoms with Gasteiger partial charge in [-0.25, -0.2) is 4.98 Å². The van der Waals surface area contributed by atoms with E-state index in [1.807, 2.05) is 16.8 Å². The molecule has 0 unspecified atom stereocenters. The van der Waals surface area contributed by atoms with Gasteiger partial charge < -0.3 is 14.8 Å². The fourth-order valence-electron chi connectivity index (χ4n) is 1.97. The van der Waals surface area contributed by atoms with Crippen LogP contribution in [0.3, 0.4) is 0 Å². The van der Waals surface area contributed by atoms with Crippen LogP contribution in [-0.4, -0.2) is 25.1 Å². The van der Waals surface area contributed by atoms with Crippen molar-refractivity contribution >= 4 is 34.3 Å². The Morgan fingerprint density at radius 1 is 1.13 bits per heavy atom. The molecule has 2 aromatic heterocycles. The second kappa shape index (κ2) is 6.80. The number of carbonyl (C=O) groups excluding carboxylic acids is 1. The van der Waals surface area contributed by atoms with Crippen LogP contribution in [0.5, 0.6) is 11.5 Å². The third-order valence-electron chi connectivity index (χ3n) is 3.11. The number of hydrogen-bond donors (Lipinski definition) is 1. The Hall–Kier alpha value is -2.38. The smallest absolute Gasteiger partial charge is 0.275 e. The molecule has 0 fully saturated rings. The second-order valence-electron chi connectivity index (χ2n) is 4.61. The third kappa shape index (κ3) is 3.52. The zero-order chi connectivity index (χ0) is 16.2. The molecule has 7 heteroatoms. The number of methoxy groups -OCH3 is 2. The first-order valence-electron chi connectivity index (χ1n) is 6.72. The Morgan fingerprint density at radius 3 is 2.48 bits per heavy atom. The van der Waals surface area contributed by atoms with Gasteiger partial charge in [0.15, 0.2) is 0 Å². The van der Waals surface area contributed by atoms with E-state index in [1.54, 1.807) is 49.1 Å². The fourth-order valence-corrected chi connectivity index (χ4v) is 3.48. The number of nitrogens with one attached hydrogen (secondary N) is 1. The molecular weight excluding hydrogens is 332 g/mol. The molecule has 0 spiro atoms. The van der Waals surface area contributed by atoms with Crippen molar-refractivity contribution in [3.05, 3.63) is 46.1 Å². The van der Waals surface area contributed by atoms with Crippen molar-refractivity contribution in [1.29, 1.82) is 0 Å². The zero-order valence-corrected chi connectivity index (χ0v) is 14.2. The first kappa shape index (κ1) is 15.5. The maximum absolute atomic E-state index is 12.4. The Morgan fingerprint density at radius 2 is 1.87 bits per heavy atom. The summed E-state index contributed by atoms with van der Waals surface area (Å²) in [6.45, 7) is 0. The van der Waals surface area contributed by atoms with Gasteiger partial charge in [-0.1, -0.05) is 0 Å². The highest BCUT2D eigenvalue weighted by molar-refractivity contribution is 7.14. The summed E-state index contributed by atoms with van der Waals surface area (Å²) in [6, 6.07) is 7.18. The molecule has 1 aromatic carbocycles. The number of thiophene rings is 1. The number of amides is 1. The van der Waals surface area contributed by atoms with Gasteiger partial charge in [0.25, 0.3) is 5.91 Å². The number of carbonyl (C=O) groups is 1. The molecule has 23 heavy (non-hydrogen) atoms. The van der Waals surface area contributed by atoms with Crippen molar-refractivity contribution in [3.63, 3.8) is 0 Å². The maximum Gasteiger partial charge on any atom is 0.275 e. The molecule has 3 aromatic rings. The summed E-state index contributed by atoms with van der Waals surface area (Å²) in [5, 5.41) is 9.39. The molecule has 2 heterocycles. The van der Waals surface area contributed by atoms with Gasteiger partial charge in [0.1, 0.15) is 22.2 Å². The summed E-state index contributed by atoms with van der Waals surface area (Å²) in [5.41, 5.74) is 2.01. The quantitative estimate of drug-likeness (QED) is 0.754. The minimum atomic E-state index is -0.266. The number of anilines is 1. The van der Waals surface area contributed by atoms with E-state index in [0.29, 0.717) is 22.9 Å². The predicted octanol–water partition coefficient (Wildman–Crippen LogP) is 4.14. The summed E-state index contributed by atoms with van der Waals surface area (Å²) in [6.07, 6.45) is 0. The van der Waals surface area contributed by atoms with Crippen molar-refractivity contribution < 1.29 is 14.3 Å². The minimum absolute atomic E-state index is 0.266. The molecule has 3 rings (SSSR count). The van der Waals surface area contributed by atoms with Crippen LogP contribution in [-0.2, 0) is 0 Å². The summed E-state index contributed by atoms with van der Waals surface area (Å²) >= 11 is 3.05. The van der Waals surface area contributed by atoms with E-state index in [1.165, 1.54) is 11.3 Å². The molecular formula is C16H14N2O3S2. The first-order chi connectivity index (χ1) is 11.2. The molecule has 118 valence electrons. The average Bonchev–Trinajstić information content (AvgIpc) is 3.25. The average molecular weight is 346 g/mol. The van der Waals surface area contributed by atoms with Crippen LogP contribution in [0.25, 0.3) is 10.6 Å². The van der Waals surface area contributed by atoms with Crippen molar-refractivity contribution in [3.8, 4) is 22.1 Å². The lowest BCUT2D eigenvalue weighted by atomic mass is 10.2. The highest BCUT2D eigenvalue weighted by atomic mass is 32.1. The molecule has 1 amide bonds. The lowest BCUT2D eigenvalue weighted by Crippen LogP contribution is -2.12. The van der Waals surface area contributed by atoms with Gasteiger partial charge in [0, 0.05) is 40.2 Å². The zero-order valence-electron chi connectivity index (χ0n) is 12.5. The standard InChI is InChI=1S/C16H14N2O3S2/c1-20-12-5-11(6-13(7-12)21-2)17-15(19)14-9-23-16(18-14)10-3-4-22-8-10/h3-9H,1-2H3,(H,17,19). The number of ether oxygens (including phenoxy) is 2. The van der Waals surface area contributed by atoms with Crippen LogP contribution in [0.4, 0.5) is 5.69 Å². The highest BCUT2D eigenvalue weighted by Crippen LogP contribution is 2.28. The van der Waals surface area contributed by atoms with Crippen molar-refractivity contribution in [2.24, 2.45) is 0 Å². The van der Waals surface area contributed by atoms with Crippen molar-refractivity contribution in [2.45, 2.75) is 0 Å². The largest absolute Gasteiger partial charge is 0.497 e. The molecule has 0 aliphatic rings. The second-order valence-corrected chi connectivity index (χ2v) is 6.24. The van der Waals surface area contributed by atoms with E-state index in [0.717, 1.165) is 10.6 Å². The van der Waals surface area contributed by atoms with Gasteiger partial charge in [0.2, 0.25) is 0 Å². The lowest BCUT2D eigenvalue weighted by molar-refractivity contribution is 0.102. The maximum atomic E-state index is 12.4.